The molecule has 0 saturated heterocycles. The maximum absolute atomic E-state index is 10.2. The van der Waals surface area contributed by atoms with Crippen molar-refractivity contribution < 1.29 is 5.11 Å². The van der Waals surface area contributed by atoms with Crippen LogP contribution in [-0.4, -0.2) is 18.2 Å². The molecule has 0 aliphatic heterocycles. The second-order valence-corrected chi connectivity index (χ2v) is 5.49. The Morgan fingerprint density at radius 1 is 1.16 bits per heavy atom. The first-order valence-corrected chi connectivity index (χ1v) is 7.33. The summed E-state index contributed by atoms with van der Waals surface area (Å²) in [6.07, 6.45) is 1.99. The van der Waals surface area contributed by atoms with Gasteiger partial charge >= 0.3 is 0 Å². The molecule has 1 aromatic carbocycles. The van der Waals surface area contributed by atoms with Gasteiger partial charge in [-0.25, -0.2) is 0 Å². The topological polar surface area (TPSA) is 49.5 Å². The number of benzene rings is 1. The highest BCUT2D eigenvalue weighted by molar-refractivity contribution is 5.53. The van der Waals surface area contributed by atoms with Crippen LogP contribution in [0.5, 0.6) is 5.75 Å². The van der Waals surface area contributed by atoms with E-state index in [1.165, 1.54) is 0 Å². The van der Waals surface area contributed by atoms with Crippen molar-refractivity contribution in [2.75, 3.05) is 18.0 Å². The zero-order valence-electron chi connectivity index (χ0n) is 12.7. The van der Waals surface area contributed by atoms with Gasteiger partial charge in [-0.15, -0.1) is 0 Å². The molecule has 19 heavy (non-hydrogen) atoms. The molecule has 108 valence electrons. The van der Waals surface area contributed by atoms with Gasteiger partial charge in [-0.3, -0.25) is 0 Å². The molecule has 0 unspecified atom stereocenters. The standard InChI is InChI=1S/C16H28N2O/c1-5-18(6-2)13-8-9-14(16(19)11-13)15(17)10-7-12(3)4/h8-9,11-12,15,19H,5-7,10,17H2,1-4H3/t15-/m0/s1. The molecule has 3 N–H and O–H groups in total. The summed E-state index contributed by atoms with van der Waals surface area (Å²) in [5.41, 5.74) is 8.08. The zero-order valence-corrected chi connectivity index (χ0v) is 12.7. The summed E-state index contributed by atoms with van der Waals surface area (Å²) >= 11 is 0. The van der Waals surface area contributed by atoms with Gasteiger partial charge in [0.25, 0.3) is 0 Å². The van der Waals surface area contributed by atoms with Gasteiger partial charge in [0.15, 0.2) is 0 Å². The molecule has 1 rings (SSSR count). The predicted octanol–water partition coefficient (Wildman–Crippen LogP) is 3.67. The summed E-state index contributed by atoms with van der Waals surface area (Å²) in [5, 5.41) is 10.2. The van der Waals surface area contributed by atoms with Gasteiger partial charge in [0.2, 0.25) is 0 Å². The molecule has 0 amide bonds. The van der Waals surface area contributed by atoms with Gasteiger partial charge in [-0.1, -0.05) is 19.9 Å². The lowest BCUT2D eigenvalue weighted by Gasteiger charge is -2.23. The number of hydrogen-bond acceptors (Lipinski definition) is 3. The Morgan fingerprint density at radius 3 is 2.26 bits per heavy atom. The third-order valence-corrected chi connectivity index (χ3v) is 3.60. The minimum atomic E-state index is -0.0758. The average molecular weight is 264 g/mol. The predicted molar refractivity (Wildman–Crippen MR) is 82.7 cm³/mol. The van der Waals surface area contributed by atoms with E-state index in [0.29, 0.717) is 11.7 Å². The Bertz CT molecular complexity index is 386. The Kier molecular flexibility index (Phi) is 6.16. The Morgan fingerprint density at radius 2 is 1.79 bits per heavy atom. The molecule has 0 bridgehead atoms. The molecular weight excluding hydrogens is 236 g/mol. The quantitative estimate of drug-likeness (QED) is 0.790. The summed E-state index contributed by atoms with van der Waals surface area (Å²) in [7, 11) is 0. The number of hydrogen-bond donors (Lipinski definition) is 2. The normalized spacial score (nSPS) is 12.7. The number of anilines is 1. The number of nitrogens with two attached hydrogens (primary N) is 1. The maximum Gasteiger partial charge on any atom is 0.122 e. The van der Waals surface area contributed by atoms with Crippen molar-refractivity contribution in [3.8, 4) is 5.75 Å². The van der Waals surface area contributed by atoms with Gasteiger partial charge in [0.05, 0.1) is 0 Å². The van der Waals surface area contributed by atoms with E-state index in [9.17, 15) is 5.11 Å². The SMILES string of the molecule is CCN(CC)c1ccc([C@@H](N)CCC(C)C)c(O)c1. The Labute approximate surface area is 117 Å². The first-order chi connectivity index (χ1) is 8.99. The maximum atomic E-state index is 10.2. The van der Waals surface area contributed by atoms with Crippen molar-refractivity contribution in [1.82, 2.24) is 0 Å². The summed E-state index contributed by atoms with van der Waals surface area (Å²) in [6.45, 7) is 10.5. The third-order valence-electron chi connectivity index (χ3n) is 3.60. The second kappa shape index (κ2) is 7.39. The van der Waals surface area contributed by atoms with Crippen LogP contribution in [0.25, 0.3) is 0 Å². The fraction of sp³-hybridized carbons (Fsp3) is 0.625. The fourth-order valence-corrected chi connectivity index (χ4v) is 2.30. The van der Waals surface area contributed by atoms with Crippen LogP contribution >= 0.6 is 0 Å². The summed E-state index contributed by atoms with van der Waals surface area (Å²) in [4.78, 5) is 2.21. The van der Waals surface area contributed by atoms with Crippen molar-refractivity contribution in [2.24, 2.45) is 11.7 Å². The monoisotopic (exact) mass is 264 g/mol. The van der Waals surface area contributed by atoms with Crippen molar-refractivity contribution in [2.45, 2.75) is 46.6 Å². The van der Waals surface area contributed by atoms with Crippen LogP contribution in [0.3, 0.4) is 0 Å². The molecule has 1 aromatic rings. The lowest BCUT2D eigenvalue weighted by atomic mass is 9.97. The van der Waals surface area contributed by atoms with Gasteiger partial charge < -0.3 is 15.7 Å². The number of phenols is 1. The lowest BCUT2D eigenvalue weighted by molar-refractivity contribution is 0.448. The molecule has 0 fully saturated rings. The zero-order chi connectivity index (χ0) is 14.4. The minimum absolute atomic E-state index is 0.0758. The molecule has 0 radical (unpaired) electrons. The highest BCUT2D eigenvalue weighted by Gasteiger charge is 2.13. The number of rotatable bonds is 7. The number of nitrogens with zero attached hydrogens (tertiary/aromatic N) is 1. The van der Waals surface area contributed by atoms with Crippen molar-refractivity contribution >= 4 is 5.69 Å². The van der Waals surface area contributed by atoms with E-state index >= 15 is 0 Å². The molecule has 0 spiro atoms. The van der Waals surface area contributed by atoms with E-state index in [4.69, 9.17) is 5.73 Å². The summed E-state index contributed by atoms with van der Waals surface area (Å²) < 4.78 is 0. The van der Waals surface area contributed by atoms with E-state index in [1.54, 1.807) is 0 Å². The summed E-state index contributed by atoms with van der Waals surface area (Å²) in [6, 6.07) is 5.77. The van der Waals surface area contributed by atoms with Crippen molar-refractivity contribution in [3.63, 3.8) is 0 Å². The van der Waals surface area contributed by atoms with Crippen LogP contribution in [0.2, 0.25) is 0 Å². The number of aromatic hydroxyl groups is 1. The minimum Gasteiger partial charge on any atom is -0.508 e. The van der Waals surface area contributed by atoms with Gasteiger partial charge in [-0.05, 0) is 38.7 Å². The fourth-order valence-electron chi connectivity index (χ4n) is 2.30. The highest BCUT2D eigenvalue weighted by Crippen LogP contribution is 2.30. The van der Waals surface area contributed by atoms with Gasteiger partial charge in [0.1, 0.15) is 5.75 Å². The van der Waals surface area contributed by atoms with Crippen LogP contribution in [0.15, 0.2) is 18.2 Å². The van der Waals surface area contributed by atoms with Crippen LogP contribution in [0.4, 0.5) is 5.69 Å². The van der Waals surface area contributed by atoms with E-state index in [1.807, 2.05) is 12.1 Å². The van der Waals surface area contributed by atoms with E-state index in [2.05, 4.69) is 38.7 Å². The van der Waals surface area contributed by atoms with Gasteiger partial charge in [0, 0.05) is 36.4 Å². The van der Waals surface area contributed by atoms with E-state index < -0.39 is 0 Å². The van der Waals surface area contributed by atoms with E-state index in [0.717, 1.165) is 37.2 Å². The molecule has 0 aromatic heterocycles. The molecule has 1 atom stereocenters. The van der Waals surface area contributed by atoms with E-state index in [-0.39, 0.29) is 6.04 Å². The van der Waals surface area contributed by atoms with Crippen LogP contribution in [0.1, 0.15) is 52.1 Å². The summed E-state index contributed by atoms with van der Waals surface area (Å²) in [5.74, 6) is 0.962. The largest absolute Gasteiger partial charge is 0.508 e. The average Bonchev–Trinajstić information content (AvgIpc) is 2.37. The lowest BCUT2D eigenvalue weighted by Crippen LogP contribution is -2.21. The van der Waals surface area contributed by atoms with Crippen LogP contribution < -0.4 is 10.6 Å². The first kappa shape index (κ1) is 15.8. The molecular formula is C16H28N2O. The molecule has 0 saturated carbocycles. The Hall–Kier alpha value is -1.22. The van der Waals surface area contributed by atoms with Crippen molar-refractivity contribution in [1.29, 1.82) is 0 Å². The van der Waals surface area contributed by atoms with Gasteiger partial charge in [-0.2, -0.15) is 0 Å². The first-order valence-electron chi connectivity index (χ1n) is 7.33. The molecule has 0 aliphatic carbocycles. The Balaban J connectivity index is 2.81. The van der Waals surface area contributed by atoms with Crippen molar-refractivity contribution in [3.05, 3.63) is 23.8 Å². The second-order valence-electron chi connectivity index (χ2n) is 5.49. The van der Waals surface area contributed by atoms with Crippen LogP contribution in [-0.2, 0) is 0 Å². The molecule has 0 aliphatic rings. The third kappa shape index (κ3) is 4.43. The molecule has 0 heterocycles. The molecule has 3 nitrogen and oxygen atoms in total. The molecule has 3 heteroatoms. The highest BCUT2D eigenvalue weighted by atomic mass is 16.3. The number of phenolic OH excluding ortho intramolecular Hbond substituents is 1. The van der Waals surface area contributed by atoms with Crippen LogP contribution in [0, 0.1) is 5.92 Å². The smallest absolute Gasteiger partial charge is 0.122 e.